The highest BCUT2D eigenvalue weighted by molar-refractivity contribution is 7.92. The van der Waals surface area contributed by atoms with Crippen molar-refractivity contribution in [2.45, 2.75) is 13.3 Å². The minimum atomic E-state index is -3.52. The molecule has 0 radical (unpaired) electrons. The molecular formula is C17H25N3O5S. The standard InChI is InChI=1S/C17H25N3O5S/c1-3-18-8-10-19(11-9-18)17(21)6-7-20(26(2,22)23)14-4-5-15-16(12-14)25-13-24-15/h4-5,12H,3,6-11,13H2,1-2H3. The van der Waals surface area contributed by atoms with E-state index in [-0.39, 0.29) is 25.7 Å². The van der Waals surface area contributed by atoms with Crippen LogP contribution in [0.1, 0.15) is 13.3 Å². The number of hydrogen-bond donors (Lipinski definition) is 0. The van der Waals surface area contributed by atoms with Crippen molar-refractivity contribution >= 4 is 21.6 Å². The molecule has 0 saturated carbocycles. The van der Waals surface area contributed by atoms with Crippen LogP contribution in [0.3, 0.4) is 0 Å². The molecule has 1 saturated heterocycles. The van der Waals surface area contributed by atoms with Crippen LogP contribution in [0.25, 0.3) is 0 Å². The Balaban J connectivity index is 1.65. The van der Waals surface area contributed by atoms with Gasteiger partial charge in [-0.25, -0.2) is 8.42 Å². The van der Waals surface area contributed by atoms with Gasteiger partial charge in [0.15, 0.2) is 11.5 Å². The first-order valence-electron chi connectivity index (χ1n) is 8.76. The molecule has 1 amide bonds. The maximum absolute atomic E-state index is 12.5. The molecule has 1 fully saturated rings. The summed E-state index contributed by atoms with van der Waals surface area (Å²) in [5, 5.41) is 0. The minimum absolute atomic E-state index is 0.0184. The molecule has 9 heteroatoms. The molecule has 2 aliphatic heterocycles. The van der Waals surface area contributed by atoms with Gasteiger partial charge in [-0.05, 0) is 18.7 Å². The van der Waals surface area contributed by atoms with Gasteiger partial charge in [0.05, 0.1) is 11.9 Å². The summed E-state index contributed by atoms with van der Waals surface area (Å²) in [6.45, 7) is 6.41. The monoisotopic (exact) mass is 383 g/mol. The van der Waals surface area contributed by atoms with Gasteiger partial charge < -0.3 is 19.3 Å². The number of rotatable bonds is 6. The van der Waals surface area contributed by atoms with Crippen LogP contribution in [0.5, 0.6) is 11.5 Å². The van der Waals surface area contributed by atoms with Gasteiger partial charge >= 0.3 is 0 Å². The number of piperazine rings is 1. The first-order valence-corrected chi connectivity index (χ1v) is 10.6. The van der Waals surface area contributed by atoms with E-state index in [0.29, 0.717) is 30.3 Å². The Labute approximate surface area is 154 Å². The van der Waals surface area contributed by atoms with E-state index in [1.165, 1.54) is 4.31 Å². The number of anilines is 1. The lowest BCUT2D eigenvalue weighted by Crippen LogP contribution is -2.49. The number of hydrogen-bond acceptors (Lipinski definition) is 6. The third-order valence-electron chi connectivity index (χ3n) is 4.75. The fourth-order valence-electron chi connectivity index (χ4n) is 3.20. The van der Waals surface area contributed by atoms with E-state index in [0.717, 1.165) is 25.9 Å². The largest absolute Gasteiger partial charge is 0.454 e. The number of nitrogens with zero attached hydrogens (tertiary/aromatic N) is 3. The molecular weight excluding hydrogens is 358 g/mol. The van der Waals surface area contributed by atoms with Crippen molar-refractivity contribution < 1.29 is 22.7 Å². The number of carbonyl (C=O) groups excluding carboxylic acids is 1. The van der Waals surface area contributed by atoms with E-state index in [9.17, 15) is 13.2 Å². The van der Waals surface area contributed by atoms with Crippen LogP contribution in [0.2, 0.25) is 0 Å². The zero-order valence-electron chi connectivity index (χ0n) is 15.2. The third kappa shape index (κ3) is 4.21. The number of likely N-dealkylation sites (N-methyl/N-ethyl adjacent to an activating group) is 1. The van der Waals surface area contributed by atoms with Gasteiger partial charge in [0, 0.05) is 45.2 Å². The Kier molecular flexibility index (Phi) is 5.57. The van der Waals surface area contributed by atoms with Crippen molar-refractivity contribution in [2.75, 3.05) is 56.6 Å². The predicted octanol–water partition coefficient (Wildman–Crippen LogP) is 0.735. The summed E-state index contributed by atoms with van der Waals surface area (Å²) in [5.41, 5.74) is 0.473. The lowest BCUT2D eigenvalue weighted by Gasteiger charge is -2.34. The molecule has 3 rings (SSSR count). The Morgan fingerprint density at radius 3 is 2.50 bits per heavy atom. The molecule has 2 heterocycles. The first-order chi connectivity index (χ1) is 12.4. The van der Waals surface area contributed by atoms with E-state index in [1.807, 2.05) is 4.90 Å². The average molecular weight is 383 g/mol. The van der Waals surface area contributed by atoms with E-state index < -0.39 is 10.0 Å². The summed E-state index contributed by atoms with van der Waals surface area (Å²) in [6.07, 6.45) is 1.29. The minimum Gasteiger partial charge on any atom is -0.454 e. The fourth-order valence-corrected chi connectivity index (χ4v) is 4.12. The van der Waals surface area contributed by atoms with Crippen LogP contribution >= 0.6 is 0 Å². The van der Waals surface area contributed by atoms with Crippen LogP contribution in [-0.4, -0.2) is 76.4 Å². The molecule has 144 valence electrons. The van der Waals surface area contributed by atoms with Crippen molar-refractivity contribution in [3.8, 4) is 11.5 Å². The lowest BCUT2D eigenvalue weighted by atomic mass is 10.2. The van der Waals surface area contributed by atoms with Crippen LogP contribution < -0.4 is 13.8 Å². The quantitative estimate of drug-likeness (QED) is 0.721. The molecule has 0 spiro atoms. The van der Waals surface area contributed by atoms with Gasteiger partial charge in [0.25, 0.3) is 0 Å². The Hall–Kier alpha value is -2.00. The van der Waals surface area contributed by atoms with Gasteiger partial charge in [-0.1, -0.05) is 6.92 Å². The van der Waals surface area contributed by atoms with E-state index in [2.05, 4.69) is 11.8 Å². The van der Waals surface area contributed by atoms with Gasteiger partial charge in [-0.2, -0.15) is 0 Å². The summed E-state index contributed by atoms with van der Waals surface area (Å²) >= 11 is 0. The normalized spacial score (nSPS) is 17.4. The molecule has 8 nitrogen and oxygen atoms in total. The molecule has 0 aromatic heterocycles. The summed E-state index contributed by atoms with van der Waals surface area (Å²) < 4.78 is 36.3. The zero-order chi connectivity index (χ0) is 18.7. The maximum atomic E-state index is 12.5. The number of sulfonamides is 1. The number of fused-ring (bicyclic) bond motifs is 1. The molecule has 0 aliphatic carbocycles. The summed E-state index contributed by atoms with van der Waals surface area (Å²) in [6, 6.07) is 4.98. The Morgan fingerprint density at radius 2 is 1.85 bits per heavy atom. The first kappa shape index (κ1) is 18.8. The highest BCUT2D eigenvalue weighted by atomic mass is 32.2. The van der Waals surface area contributed by atoms with Crippen LogP contribution in [0.4, 0.5) is 5.69 Å². The van der Waals surface area contributed by atoms with Gasteiger partial charge in [0.2, 0.25) is 22.7 Å². The highest BCUT2D eigenvalue weighted by Crippen LogP contribution is 2.36. The van der Waals surface area contributed by atoms with Crippen molar-refractivity contribution in [2.24, 2.45) is 0 Å². The Bertz CT molecular complexity index is 760. The molecule has 26 heavy (non-hydrogen) atoms. The number of carbonyl (C=O) groups is 1. The molecule has 0 atom stereocenters. The predicted molar refractivity (Wildman–Crippen MR) is 98.1 cm³/mol. The van der Waals surface area contributed by atoms with E-state index >= 15 is 0 Å². The van der Waals surface area contributed by atoms with Gasteiger partial charge in [-0.15, -0.1) is 0 Å². The second-order valence-electron chi connectivity index (χ2n) is 6.44. The smallest absolute Gasteiger partial charge is 0.232 e. The van der Waals surface area contributed by atoms with Gasteiger partial charge in [-0.3, -0.25) is 9.10 Å². The topological polar surface area (TPSA) is 79.4 Å². The van der Waals surface area contributed by atoms with Crippen molar-refractivity contribution in [1.82, 2.24) is 9.80 Å². The van der Waals surface area contributed by atoms with Crippen LogP contribution in [-0.2, 0) is 14.8 Å². The highest BCUT2D eigenvalue weighted by Gasteiger charge is 2.25. The molecule has 0 unspecified atom stereocenters. The number of ether oxygens (including phenoxy) is 2. The second kappa shape index (κ2) is 7.71. The molecule has 1 aromatic rings. The number of amides is 1. The van der Waals surface area contributed by atoms with Crippen LogP contribution in [0.15, 0.2) is 18.2 Å². The molecule has 1 aromatic carbocycles. The SMILES string of the molecule is CCN1CCN(C(=O)CCN(c2ccc3c(c2)OCO3)S(C)(=O)=O)CC1. The van der Waals surface area contributed by atoms with Gasteiger partial charge in [0.1, 0.15) is 0 Å². The van der Waals surface area contributed by atoms with Crippen LogP contribution in [0, 0.1) is 0 Å². The molecule has 0 N–H and O–H groups in total. The fraction of sp³-hybridized carbons (Fsp3) is 0.588. The summed E-state index contributed by atoms with van der Waals surface area (Å²) in [5.74, 6) is 1.08. The number of benzene rings is 1. The third-order valence-corrected chi connectivity index (χ3v) is 5.94. The summed E-state index contributed by atoms with van der Waals surface area (Å²) in [4.78, 5) is 16.6. The molecule has 0 bridgehead atoms. The average Bonchev–Trinajstić information content (AvgIpc) is 3.08. The van der Waals surface area contributed by atoms with Crippen molar-refractivity contribution in [1.29, 1.82) is 0 Å². The zero-order valence-corrected chi connectivity index (χ0v) is 16.0. The second-order valence-corrected chi connectivity index (χ2v) is 8.34. The lowest BCUT2D eigenvalue weighted by molar-refractivity contribution is -0.132. The maximum Gasteiger partial charge on any atom is 0.232 e. The van der Waals surface area contributed by atoms with Crippen molar-refractivity contribution in [3.63, 3.8) is 0 Å². The van der Waals surface area contributed by atoms with E-state index in [1.54, 1.807) is 18.2 Å². The molecule has 2 aliphatic rings. The van der Waals surface area contributed by atoms with E-state index in [4.69, 9.17) is 9.47 Å². The Morgan fingerprint density at radius 1 is 1.15 bits per heavy atom. The summed E-state index contributed by atoms with van der Waals surface area (Å²) in [7, 11) is -3.52. The van der Waals surface area contributed by atoms with Crippen molar-refractivity contribution in [3.05, 3.63) is 18.2 Å².